The monoisotopic (exact) mass is 258 g/mol. The number of ether oxygens (including phenoxy) is 1. The number of hydrogen-bond donors (Lipinski definition) is 1. The lowest BCUT2D eigenvalue weighted by molar-refractivity contribution is 0.0583. The van der Waals surface area contributed by atoms with Crippen LogP contribution < -0.4 is 5.73 Å². The topological polar surface area (TPSA) is 38.5 Å². The Morgan fingerprint density at radius 2 is 1.61 bits per heavy atom. The van der Waals surface area contributed by atoms with Gasteiger partial charge in [-0.3, -0.25) is 4.90 Å². The average molecular weight is 258 g/mol. The molecular weight excluding hydrogens is 224 g/mol. The molecule has 0 aromatic carbocycles. The van der Waals surface area contributed by atoms with Crippen LogP contribution in [0.1, 0.15) is 59.8 Å². The Labute approximate surface area is 114 Å². The number of methoxy groups -OCH3 is 1. The number of nitrogens with two attached hydrogens (primary N) is 1. The molecule has 2 N–H and O–H groups in total. The van der Waals surface area contributed by atoms with Gasteiger partial charge in [-0.1, -0.05) is 27.7 Å². The van der Waals surface area contributed by atoms with Crippen molar-refractivity contribution in [2.24, 2.45) is 5.73 Å². The number of nitrogens with zero attached hydrogens (tertiary/aromatic N) is 1. The first-order chi connectivity index (χ1) is 8.62. The molecule has 0 spiro atoms. The zero-order valence-electron chi connectivity index (χ0n) is 13.2. The molecule has 0 saturated heterocycles. The van der Waals surface area contributed by atoms with Crippen LogP contribution in [-0.4, -0.2) is 43.3 Å². The molecule has 0 heterocycles. The van der Waals surface area contributed by atoms with E-state index < -0.39 is 0 Å². The van der Waals surface area contributed by atoms with Gasteiger partial charge in [0.1, 0.15) is 0 Å². The van der Waals surface area contributed by atoms with Gasteiger partial charge in [0, 0.05) is 25.3 Å². The Kier molecular flexibility index (Phi) is 9.70. The summed E-state index contributed by atoms with van der Waals surface area (Å²) in [5, 5.41) is 0. The largest absolute Gasteiger partial charge is 0.385 e. The molecule has 1 atom stereocenters. The second kappa shape index (κ2) is 9.76. The molecule has 0 aliphatic heterocycles. The Hall–Kier alpha value is -0.120. The van der Waals surface area contributed by atoms with Crippen molar-refractivity contribution in [3.8, 4) is 0 Å². The van der Waals surface area contributed by atoms with Crippen LogP contribution in [0.5, 0.6) is 0 Å². The molecule has 110 valence electrons. The Morgan fingerprint density at radius 3 is 2.00 bits per heavy atom. The quantitative estimate of drug-likeness (QED) is 0.579. The first-order valence-electron chi connectivity index (χ1n) is 7.62. The first-order valence-corrected chi connectivity index (χ1v) is 7.62. The van der Waals surface area contributed by atoms with E-state index in [-0.39, 0.29) is 11.6 Å². The summed E-state index contributed by atoms with van der Waals surface area (Å²) in [5.41, 5.74) is 6.70. The second-order valence-corrected chi connectivity index (χ2v) is 5.08. The Morgan fingerprint density at radius 1 is 1.06 bits per heavy atom. The molecule has 0 aliphatic rings. The van der Waals surface area contributed by atoms with Crippen LogP contribution >= 0.6 is 0 Å². The number of unbranched alkanes of at least 4 members (excludes halogenated alkanes) is 1. The standard InChI is InChI=1S/C15H34N2O/c1-6-15(7-2,17(8-3)9-4)14(16)12-10-11-13-18-5/h14H,6-13,16H2,1-5H3. The minimum Gasteiger partial charge on any atom is -0.385 e. The van der Waals surface area contributed by atoms with E-state index in [1.807, 2.05) is 0 Å². The Balaban J connectivity index is 4.54. The summed E-state index contributed by atoms with van der Waals surface area (Å²) in [5.74, 6) is 0. The van der Waals surface area contributed by atoms with Crippen molar-refractivity contribution in [3.63, 3.8) is 0 Å². The predicted molar refractivity (Wildman–Crippen MR) is 79.9 cm³/mol. The van der Waals surface area contributed by atoms with Crippen LogP contribution in [0.2, 0.25) is 0 Å². The lowest BCUT2D eigenvalue weighted by Gasteiger charge is -2.46. The van der Waals surface area contributed by atoms with Crippen LogP contribution in [0, 0.1) is 0 Å². The SMILES string of the molecule is CCN(CC)C(CC)(CC)C(N)CCCCOC. The van der Waals surface area contributed by atoms with Gasteiger partial charge in [-0.15, -0.1) is 0 Å². The summed E-state index contributed by atoms with van der Waals surface area (Å²) in [7, 11) is 1.76. The fourth-order valence-corrected chi connectivity index (χ4v) is 3.19. The van der Waals surface area contributed by atoms with E-state index >= 15 is 0 Å². The molecule has 3 nitrogen and oxygen atoms in total. The number of rotatable bonds is 11. The first kappa shape index (κ1) is 17.9. The van der Waals surface area contributed by atoms with Crippen LogP contribution in [0.4, 0.5) is 0 Å². The van der Waals surface area contributed by atoms with Gasteiger partial charge in [-0.25, -0.2) is 0 Å². The van der Waals surface area contributed by atoms with Crippen molar-refractivity contribution in [1.82, 2.24) is 4.90 Å². The lowest BCUT2D eigenvalue weighted by Crippen LogP contribution is -2.59. The van der Waals surface area contributed by atoms with Crippen LogP contribution in [0.3, 0.4) is 0 Å². The van der Waals surface area contributed by atoms with E-state index in [0.717, 1.165) is 51.8 Å². The van der Waals surface area contributed by atoms with E-state index in [0.29, 0.717) is 0 Å². The number of hydrogen-bond acceptors (Lipinski definition) is 3. The van der Waals surface area contributed by atoms with E-state index in [1.165, 1.54) is 0 Å². The highest BCUT2D eigenvalue weighted by molar-refractivity contribution is 4.96. The summed E-state index contributed by atoms with van der Waals surface area (Å²) in [6, 6.07) is 0.268. The molecule has 0 aromatic heterocycles. The highest BCUT2D eigenvalue weighted by Gasteiger charge is 2.37. The molecular formula is C15H34N2O. The van der Waals surface area contributed by atoms with Gasteiger partial charge in [0.05, 0.1) is 0 Å². The highest BCUT2D eigenvalue weighted by Crippen LogP contribution is 2.29. The van der Waals surface area contributed by atoms with Crippen LogP contribution in [0.25, 0.3) is 0 Å². The van der Waals surface area contributed by atoms with E-state index in [4.69, 9.17) is 10.5 Å². The molecule has 0 aromatic rings. The summed E-state index contributed by atoms with van der Waals surface area (Å²) in [6.07, 6.45) is 5.65. The van der Waals surface area contributed by atoms with Gasteiger partial charge < -0.3 is 10.5 Å². The fourth-order valence-electron chi connectivity index (χ4n) is 3.19. The van der Waals surface area contributed by atoms with Crippen molar-refractivity contribution in [1.29, 1.82) is 0 Å². The molecule has 0 rings (SSSR count). The normalized spacial score (nSPS) is 14.2. The summed E-state index contributed by atoms with van der Waals surface area (Å²) in [6.45, 7) is 12.0. The molecule has 0 amide bonds. The average Bonchev–Trinajstić information content (AvgIpc) is 2.40. The zero-order valence-corrected chi connectivity index (χ0v) is 13.2. The lowest BCUT2D eigenvalue weighted by atomic mass is 9.80. The predicted octanol–water partition coefficient (Wildman–Crippen LogP) is 3.03. The summed E-state index contributed by atoms with van der Waals surface area (Å²) in [4.78, 5) is 2.55. The maximum absolute atomic E-state index is 6.53. The van der Waals surface area contributed by atoms with Gasteiger partial charge >= 0.3 is 0 Å². The van der Waals surface area contributed by atoms with Crippen LogP contribution in [-0.2, 0) is 4.74 Å². The molecule has 18 heavy (non-hydrogen) atoms. The third-order valence-electron chi connectivity index (χ3n) is 4.42. The third kappa shape index (κ3) is 4.52. The maximum Gasteiger partial charge on any atom is 0.0462 e. The summed E-state index contributed by atoms with van der Waals surface area (Å²) < 4.78 is 5.10. The van der Waals surface area contributed by atoms with Gasteiger partial charge in [0.2, 0.25) is 0 Å². The van der Waals surface area contributed by atoms with Crippen molar-refractivity contribution in [3.05, 3.63) is 0 Å². The molecule has 0 radical (unpaired) electrons. The Bertz CT molecular complexity index is 189. The smallest absolute Gasteiger partial charge is 0.0462 e. The van der Waals surface area contributed by atoms with Crippen molar-refractivity contribution in [2.45, 2.75) is 71.4 Å². The molecule has 0 saturated carbocycles. The highest BCUT2D eigenvalue weighted by atomic mass is 16.5. The zero-order chi connectivity index (χ0) is 14.0. The van der Waals surface area contributed by atoms with Gasteiger partial charge in [0.25, 0.3) is 0 Å². The molecule has 0 aliphatic carbocycles. The van der Waals surface area contributed by atoms with E-state index in [2.05, 4.69) is 32.6 Å². The van der Waals surface area contributed by atoms with Gasteiger partial charge in [0.15, 0.2) is 0 Å². The minimum atomic E-state index is 0.177. The fraction of sp³-hybridized carbons (Fsp3) is 1.00. The van der Waals surface area contributed by atoms with Crippen molar-refractivity contribution in [2.75, 3.05) is 26.8 Å². The second-order valence-electron chi connectivity index (χ2n) is 5.08. The molecule has 0 bridgehead atoms. The van der Waals surface area contributed by atoms with Gasteiger partial charge in [-0.05, 0) is 45.2 Å². The van der Waals surface area contributed by atoms with Crippen LogP contribution in [0.15, 0.2) is 0 Å². The van der Waals surface area contributed by atoms with Gasteiger partial charge in [-0.2, -0.15) is 0 Å². The van der Waals surface area contributed by atoms with E-state index in [9.17, 15) is 0 Å². The maximum atomic E-state index is 6.53. The van der Waals surface area contributed by atoms with E-state index in [1.54, 1.807) is 7.11 Å². The minimum absolute atomic E-state index is 0.177. The van der Waals surface area contributed by atoms with Crippen molar-refractivity contribution >= 4 is 0 Å². The van der Waals surface area contributed by atoms with Crippen molar-refractivity contribution < 1.29 is 4.74 Å². The number of likely N-dealkylation sites (N-methyl/N-ethyl adjacent to an activating group) is 1. The molecule has 0 fully saturated rings. The third-order valence-corrected chi connectivity index (χ3v) is 4.42. The molecule has 1 unspecified atom stereocenters. The summed E-state index contributed by atoms with van der Waals surface area (Å²) >= 11 is 0. The molecule has 3 heteroatoms.